The van der Waals surface area contributed by atoms with Crippen molar-refractivity contribution in [3.05, 3.63) is 18.2 Å². The Morgan fingerprint density at radius 1 is 1.39 bits per heavy atom. The molecule has 1 aromatic heterocycles. The van der Waals surface area contributed by atoms with E-state index in [0.717, 1.165) is 6.54 Å². The summed E-state index contributed by atoms with van der Waals surface area (Å²) in [5, 5.41) is 3.70. The quantitative estimate of drug-likeness (QED) is 0.888. The van der Waals surface area contributed by atoms with Crippen LogP contribution in [0.15, 0.2) is 12.5 Å². The molecule has 2 atom stereocenters. The normalized spacial score (nSPS) is 25.3. The molecule has 2 rings (SSSR count). The number of hydrogen-bond acceptors (Lipinski definition) is 2. The van der Waals surface area contributed by atoms with E-state index in [2.05, 4.69) is 42.6 Å². The highest BCUT2D eigenvalue weighted by molar-refractivity contribution is 5.07. The molecule has 2 unspecified atom stereocenters. The summed E-state index contributed by atoms with van der Waals surface area (Å²) in [5.74, 6) is 0. The highest BCUT2D eigenvalue weighted by Gasteiger charge is 2.22. The van der Waals surface area contributed by atoms with Gasteiger partial charge in [0.25, 0.3) is 0 Å². The van der Waals surface area contributed by atoms with E-state index in [1.165, 1.54) is 31.4 Å². The van der Waals surface area contributed by atoms with Crippen LogP contribution in [0.2, 0.25) is 0 Å². The predicted octanol–water partition coefficient (Wildman–Crippen LogP) is 3.52. The molecule has 1 aromatic rings. The Labute approximate surface area is 111 Å². The topological polar surface area (TPSA) is 29.9 Å². The van der Waals surface area contributed by atoms with E-state index in [1.54, 1.807) is 0 Å². The van der Waals surface area contributed by atoms with Crippen LogP contribution in [-0.4, -0.2) is 15.6 Å². The SMILES string of the molecule is CC1CCCC(c2cncn2CCC(C)(C)C)N1. The van der Waals surface area contributed by atoms with Crippen molar-refractivity contribution < 1.29 is 0 Å². The van der Waals surface area contributed by atoms with Crippen molar-refractivity contribution in [2.24, 2.45) is 5.41 Å². The second kappa shape index (κ2) is 5.43. The Bertz CT molecular complexity index is 375. The van der Waals surface area contributed by atoms with E-state index in [4.69, 9.17) is 0 Å². The third-order valence-corrected chi connectivity index (χ3v) is 3.82. The lowest BCUT2D eigenvalue weighted by Crippen LogP contribution is -2.35. The third kappa shape index (κ3) is 3.58. The summed E-state index contributed by atoms with van der Waals surface area (Å²) >= 11 is 0. The number of aryl methyl sites for hydroxylation is 1. The Morgan fingerprint density at radius 2 is 2.17 bits per heavy atom. The monoisotopic (exact) mass is 249 g/mol. The molecule has 0 aliphatic carbocycles. The van der Waals surface area contributed by atoms with E-state index >= 15 is 0 Å². The van der Waals surface area contributed by atoms with Gasteiger partial charge in [0.15, 0.2) is 0 Å². The van der Waals surface area contributed by atoms with Gasteiger partial charge in [-0.05, 0) is 38.0 Å². The van der Waals surface area contributed by atoms with E-state index in [-0.39, 0.29) is 0 Å². The number of nitrogens with zero attached hydrogens (tertiary/aromatic N) is 2. The number of rotatable bonds is 3. The average Bonchev–Trinajstić information content (AvgIpc) is 2.73. The van der Waals surface area contributed by atoms with Gasteiger partial charge in [0.2, 0.25) is 0 Å². The largest absolute Gasteiger partial charge is 0.333 e. The van der Waals surface area contributed by atoms with Crippen LogP contribution >= 0.6 is 0 Å². The van der Waals surface area contributed by atoms with Crippen molar-refractivity contribution in [2.75, 3.05) is 0 Å². The van der Waals surface area contributed by atoms with Crippen LogP contribution in [0.4, 0.5) is 0 Å². The zero-order chi connectivity index (χ0) is 13.2. The van der Waals surface area contributed by atoms with Crippen LogP contribution in [0.1, 0.15) is 65.1 Å². The van der Waals surface area contributed by atoms with Gasteiger partial charge in [-0.25, -0.2) is 4.98 Å². The highest BCUT2D eigenvalue weighted by Crippen LogP contribution is 2.26. The van der Waals surface area contributed by atoms with Crippen molar-refractivity contribution in [1.82, 2.24) is 14.9 Å². The minimum Gasteiger partial charge on any atom is -0.333 e. The fraction of sp³-hybridized carbons (Fsp3) is 0.800. The Morgan fingerprint density at radius 3 is 2.83 bits per heavy atom. The first-order valence-corrected chi connectivity index (χ1v) is 7.22. The molecule has 1 N–H and O–H groups in total. The minimum atomic E-state index is 0.384. The molecule has 0 amide bonds. The molecule has 0 spiro atoms. The van der Waals surface area contributed by atoms with Gasteiger partial charge in [0.05, 0.1) is 12.0 Å². The van der Waals surface area contributed by atoms with Crippen LogP contribution < -0.4 is 5.32 Å². The average molecular weight is 249 g/mol. The smallest absolute Gasteiger partial charge is 0.0948 e. The molecule has 102 valence electrons. The molecule has 0 aromatic carbocycles. The second-order valence-electron chi connectivity index (χ2n) is 6.87. The summed E-state index contributed by atoms with van der Waals surface area (Å²) in [5.41, 5.74) is 1.75. The third-order valence-electron chi connectivity index (χ3n) is 3.82. The zero-order valence-electron chi connectivity index (χ0n) is 12.2. The molecule has 3 heteroatoms. The molecular weight excluding hydrogens is 222 g/mol. The summed E-state index contributed by atoms with van der Waals surface area (Å²) in [6.07, 6.45) is 9.08. The molecule has 1 saturated heterocycles. The summed E-state index contributed by atoms with van der Waals surface area (Å²) < 4.78 is 2.33. The number of piperidine rings is 1. The summed E-state index contributed by atoms with van der Waals surface area (Å²) in [7, 11) is 0. The molecule has 2 heterocycles. The van der Waals surface area contributed by atoms with Gasteiger partial charge < -0.3 is 9.88 Å². The first kappa shape index (κ1) is 13.6. The van der Waals surface area contributed by atoms with Gasteiger partial charge >= 0.3 is 0 Å². The van der Waals surface area contributed by atoms with E-state index in [9.17, 15) is 0 Å². The number of hydrogen-bond donors (Lipinski definition) is 1. The van der Waals surface area contributed by atoms with Gasteiger partial charge in [-0.2, -0.15) is 0 Å². The maximum absolute atomic E-state index is 4.35. The maximum atomic E-state index is 4.35. The fourth-order valence-electron chi connectivity index (χ4n) is 2.64. The standard InChI is InChI=1S/C15H27N3/c1-12-6-5-7-13(17-12)14-10-16-11-18(14)9-8-15(2,3)4/h10-13,17H,5-9H2,1-4H3. The van der Waals surface area contributed by atoms with Crippen LogP contribution in [-0.2, 0) is 6.54 Å². The number of aromatic nitrogens is 2. The summed E-state index contributed by atoms with van der Waals surface area (Å²) in [4.78, 5) is 4.35. The molecular formula is C15H27N3. The fourth-order valence-corrected chi connectivity index (χ4v) is 2.64. The lowest BCUT2D eigenvalue weighted by atomic mass is 9.92. The van der Waals surface area contributed by atoms with Crippen LogP contribution in [0.5, 0.6) is 0 Å². The highest BCUT2D eigenvalue weighted by atomic mass is 15.1. The van der Waals surface area contributed by atoms with Crippen molar-refractivity contribution in [1.29, 1.82) is 0 Å². The van der Waals surface area contributed by atoms with Crippen LogP contribution in [0, 0.1) is 5.41 Å². The first-order valence-electron chi connectivity index (χ1n) is 7.22. The van der Waals surface area contributed by atoms with Crippen molar-refractivity contribution in [3.63, 3.8) is 0 Å². The van der Waals surface area contributed by atoms with Gasteiger partial charge in [-0.3, -0.25) is 0 Å². The number of imidazole rings is 1. The summed E-state index contributed by atoms with van der Waals surface area (Å²) in [6.45, 7) is 10.2. The number of nitrogens with one attached hydrogen (secondary N) is 1. The first-order chi connectivity index (χ1) is 8.46. The van der Waals surface area contributed by atoms with Crippen molar-refractivity contribution in [3.8, 4) is 0 Å². The molecule has 0 radical (unpaired) electrons. The van der Waals surface area contributed by atoms with Crippen LogP contribution in [0.25, 0.3) is 0 Å². The van der Waals surface area contributed by atoms with E-state index in [1.807, 2.05) is 12.5 Å². The van der Waals surface area contributed by atoms with Crippen molar-refractivity contribution in [2.45, 2.75) is 72.0 Å². The Kier molecular flexibility index (Phi) is 4.10. The molecule has 0 saturated carbocycles. The van der Waals surface area contributed by atoms with Gasteiger partial charge in [-0.15, -0.1) is 0 Å². The summed E-state index contributed by atoms with van der Waals surface area (Å²) in [6, 6.07) is 1.13. The predicted molar refractivity (Wildman–Crippen MR) is 75.5 cm³/mol. The molecule has 1 aliphatic rings. The van der Waals surface area contributed by atoms with Crippen LogP contribution in [0.3, 0.4) is 0 Å². The molecule has 0 bridgehead atoms. The Balaban J connectivity index is 2.02. The van der Waals surface area contributed by atoms with E-state index in [0.29, 0.717) is 17.5 Å². The Hall–Kier alpha value is -0.830. The lowest BCUT2D eigenvalue weighted by molar-refractivity contribution is 0.314. The van der Waals surface area contributed by atoms with Gasteiger partial charge in [0, 0.05) is 24.8 Å². The lowest BCUT2D eigenvalue weighted by Gasteiger charge is -2.30. The molecule has 1 aliphatic heterocycles. The maximum Gasteiger partial charge on any atom is 0.0948 e. The minimum absolute atomic E-state index is 0.384. The van der Waals surface area contributed by atoms with Gasteiger partial charge in [0.1, 0.15) is 0 Å². The molecule has 1 fully saturated rings. The van der Waals surface area contributed by atoms with E-state index < -0.39 is 0 Å². The van der Waals surface area contributed by atoms with Crippen molar-refractivity contribution >= 4 is 0 Å². The zero-order valence-corrected chi connectivity index (χ0v) is 12.2. The molecule has 3 nitrogen and oxygen atoms in total. The van der Waals surface area contributed by atoms with Gasteiger partial charge in [-0.1, -0.05) is 20.8 Å². The molecule has 18 heavy (non-hydrogen) atoms. The second-order valence-corrected chi connectivity index (χ2v) is 6.87.